The van der Waals surface area contributed by atoms with Crippen LogP contribution in [0.2, 0.25) is 0 Å². The van der Waals surface area contributed by atoms with Crippen LogP contribution in [-0.2, 0) is 0 Å². The molecular formula is C9H19NO. The van der Waals surface area contributed by atoms with Crippen LogP contribution in [0.3, 0.4) is 0 Å². The van der Waals surface area contributed by atoms with E-state index in [0.717, 1.165) is 12.5 Å². The van der Waals surface area contributed by atoms with Crippen molar-refractivity contribution in [3.63, 3.8) is 0 Å². The third kappa shape index (κ3) is 4.38. The summed E-state index contributed by atoms with van der Waals surface area (Å²) in [4.78, 5) is 0. The molecule has 2 nitrogen and oxygen atoms in total. The van der Waals surface area contributed by atoms with Crippen LogP contribution in [-0.4, -0.2) is 23.8 Å². The van der Waals surface area contributed by atoms with Gasteiger partial charge in [0.2, 0.25) is 0 Å². The van der Waals surface area contributed by atoms with Gasteiger partial charge in [0.05, 0.1) is 6.10 Å². The molecule has 1 aliphatic rings. The average Bonchev–Trinajstić information content (AvgIpc) is 2.67. The highest BCUT2D eigenvalue weighted by atomic mass is 16.3. The molecule has 0 aromatic heterocycles. The molecule has 0 amide bonds. The predicted octanol–water partition coefficient (Wildman–Crippen LogP) is 1.15. The van der Waals surface area contributed by atoms with E-state index in [1.54, 1.807) is 0 Å². The molecule has 0 aromatic carbocycles. The van der Waals surface area contributed by atoms with Gasteiger partial charge in [0.15, 0.2) is 0 Å². The van der Waals surface area contributed by atoms with Gasteiger partial charge in [0.25, 0.3) is 0 Å². The fourth-order valence-corrected chi connectivity index (χ4v) is 1.31. The molecule has 0 spiro atoms. The second kappa shape index (κ2) is 4.07. The summed E-state index contributed by atoms with van der Waals surface area (Å²) in [5.41, 5.74) is 0. The summed E-state index contributed by atoms with van der Waals surface area (Å²) in [6.07, 6.45) is 3.91. The van der Waals surface area contributed by atoms with Crippen molar-refractivity contribution in [2.75, 3.05) is 6.54 Å². The van der Waals surface area contributed by atoms with Crippen LogP contribution in [0.5, 0.6) is 0 Å². The van der Waals surface area contributed by atoms with Crippen molar-refractivity contribution >= 4 is 0 Å². The summed E-state index contributed by atoms with van der Waals surface area (Å²) in [6.45, 7) is 4.74. The molecule has 2 unspecified atom stereocenters. The molecule has 0 aliphatic heterocycles. The van der Waals surface area contributed by atoms with Gasteiger partial charge in [-0.3, -0.25) is 0 Å². The smallest absolute Gasteiger partial charge is 0.0636 e. The zero-order valence-electron chi connectivity index (χ0n) is 7.51. The Bertz CT molecular complexity index is 110. The van der Waals surface area contributed by atoms with Crippen molar-refractivity contribution in [3.05, 3.63) is 0 Å². The van der Waals surface area contributed by atoms with Gasteiger partial charge in [-0.1, -0.05) is 12.8 Å². The van der Waals surface area contributed by atoms with Crippen LogP contribution in [0.15, 0.2) is 0 Å². The van der Waals surface area contributed by atoms with Crippen molar-refractivity contribution in [1.82, 2.24) is 5.32 Å². The van der Waals surface area contributed by atoms with Gasteiger partial charge in [-0.2, -0.15) is 0 Å². The van der Waals surface area contributed by atoms with E-state index in [4.69, 9.17) is 5.11 Å². The first-order chi connectivity index (χ1) is 5.18. The SMILES string of the molecule is CC(O)CNC(C)CC1CC1. The minimum atomic E-state index is -0.211. The van der Waals surface area contributed by atoms with E-state index < -0.39 is 0 Å². The lowest BCUT2D eigenvalue weighted by atomic mass is 10.1. The highest BCUT2D eigenvalue weighted by molar-refractivity contribution is 4.78. The minimum absolute atomic E-state index is 0.211. The molecule has 2 N–H and O–H groups in total. The zero-order valence-corrected chi connectivity index (χ0v) is 7.51. The Labute approximate surface area is 69.0 Å². The maximum Gasteiger partial charge on any atom is 0.0636 e. The van der Waals surface area contributed by atoms with E-state index in [0.29, 0.717) is 6.04 Å². The van der Waals surface area contributed by atoms with Crippen LogP contribution in [0.4, 0.5) is 0 Å². The first kappa shape index (κ1) is 9.01. The summed E-state index contributed by atoms with van der Waals surface area (Å²) in [7, 11) is 0. The maximum atomic E-state index is 8.99. The highest BCUT2D eigenvalue weighted by Crippen LogP contribution is 2.33. The Morgan fingerprint density at radius 3 is 2.55 bits per heavy atom. The van der Waals surface area contributed by atoms with Gasteiger partial charge in [-0.05, 0) is 26.2 Å². The van der Waals surface area contributed by atoms with Crippen molar-refractivity contribution in [2.24, 2.45) is 5.92 Å². The van der Waals surface area contributed by atoms with Crippen molar-refractivity contribution < 1.29 is 5.11 Å². The average molecular weight is 157 g/mol. The molecule has 2 heteroatoms. The highest BCUT2D eigenvalue weighted by Gasteiger charge is 2.23. The Morgan fingerprint density at radius 1 is 1.45 bits per heavy atom. The molecular weight excluding hydrogens is 138 g/mol. The third-order valence-electron chi connectivity index (χ3n) is 2.15. The molecule has 0 bridgehead atoms. The summed E-state index contributed by atoms with van der Waals surface area (Å²) in [5, 5.41) is 12.3. The number of aliphatic hydroxyl groups excluding tert-OH is 1. The molecule has 2 atom stereocenters. The molecule has 1 rings (SSSR count). The Balaban J connectivity index is 1.95. The van der Waals surface area contributed by atoms with E-state index in [2.05, 4.69) is 12.2 Å². The van der Waals surface area contributed by atoms with Gasteiger partial charge in [0, 0.05) is 12.6 Å². The molecule has 11 heavy (non-hydrogen) atoms. The molecule has 66 valence electrons. The van der Waals surface area contributed by atoms with E-state index in [1.807, 2.05) is 6.92 Å². The normalized spacial score (nSPS) is 23.2. The lowest BCUT2D eigenvalue weighted by Crippen LogP contribution is -2.32. The second-order valence-corrected chi connectivity index (χ2v) is 3.84. The number of aliphatic hydroxyl groups is 1. The monoisotopic (exact) mass is 157 g/mol. The molecule has 0 aromatic rings. The summed E-state index contributed by atoms with van der Waals surface area (Å²) in [5.74, 6) is 0.978. The number of hydrogen-bond donors (Lipinski definition) is 2. The predicted molar refractivity (Wildman–Crippen MR) is 46.5 cm³/mol. The third-order valence-corrected chi connectivity index (χ3v) is 2.15. The number of rotatable bonds is 5. The zero-order chi connectivity index (χ0) is 8.27. The largest absolute Gasteiger partial charge is 0.392 e. The van der Waals surface area contributed by atoms with E-state index >= 15 is 0 Å². The van der Waals surface area contributed by atoms with Crippen LogP contribution in [0, 0.1) is 5.92 Å². The van der Waals surface area contributed by atoms with Crippen LogP contribution >= 0.6 is 0 Å². The van der Waals surface area contributed by atoms with Crippen LogP contribution < -0.4 is 5.32 Å². The molecule has 0 radical (unpaired) electrons. The first-order valence-electron chi connectivity index (χ1n) is 4.60. The van der Waals surface area contributed by atoms with E-state index in [1.165, 1.54) is 19.3 Å². The molecule has 1 fully saturated rings. The van der Waals surface area contributed by atoms with Gasteiger partial charge >= 0.3 is 0 Å². The van der Waals surface area contributed by atoms with E-state index in [9.17, 15) is 0 Å². The molecule has 1 saturated carbocycles. The lowest BCUT2D eigenvalue weighted by molar-refractivity contribution is 0.186. The number of nitrogens with one attached hydrogen (secondary N) is 1. The number of hydrogen-bond acceptors (Lipinski definition) is 2. The van der Waals surface area contributed by atoms with E-state index in [-0.39, 0.29) is 6.10 Å². The maximum absolute atomic E-state index is 8.99. The van der Waals surface area contributed by atoms with Crippen molar-refractivity contribution in [1.29, 1.82) is 0 Å². The molecule has 0 saturated heterocycles. The van der Waals surface area contributed by atoms with Gasteiger partial charge in [0.1, 0.15) is 0 Å². The Hall–Kier alpha value is -0.0800. The lowest BCUT2D eigenvalue weighted by Gasteiger charge is -2.14. The first-order valence-corrected chi connectivity index (χ1v) is 4.60. The fraction of sp³-hybridized carbons (Fsp3) is 1.00. The Kier molecular flexibility index (Phi) is 3.34. The molecule has 0 heterocycles. The summed E-state index contributed by atoms with van der Waals surface area (Å²) >= 11 is 0. The standard InChI is InChI=1S/C9H19NO/c1-7(5-9-3-4-9)10-6-8(2)11/h7-11H,3-6H2,1-2H3. The minimum Gasteiger partial charge on any atom is -0.392 e. The Morgan fingerprint density at radius 2 is 2.09 bits per heavy atom. The quantitative estimate of drug-likeness (QED) is 0.627. The van der Waals surface area contributed by atoms with Crippen LogP contribution in [0.1, 0.15) is 33.1 Å². The van der Waals surface area contributed by atoms with Crippen molar-refractivity contribution in [3.8, 4) is 0 Å². The van der Waals surface area contributed by atoms with Crippen molar-refractivity contribution in [2.45, 2.75) is 45.3 Å². The molecule has 1 aliphatic carbocycles. The van der Waals surface area contributed by atoms with Gasteiger partial charge in [-0.25, -0.2) is 0 Å². The summed E-state index contributed by atoms with van der Waals surface area (Å²) in [6, 6.07) is 0.581. The second-order valence-electron chi connectivity index (χ2n) is 3.84. The fourth-order valence-electron chi connectivity index (χ4n) is 1.31. The topological polar surface area (TPSA) is 32.3 Å². The van der Waals surface area contributed by atoms with Gasteiger partial charge in [-0.15, -0.1) is 0 Å². The van der Waals surface area contributed by atoms with Crippen LogP contribution in [0.25, 0.3) is 0 Å². The van der Waals surface area contributed by atoms with Gasteiger partial charge < -0.3 is 10.4 Å². The summed E-state index contributed by atoms with van der Waals surface area (Å²) < 4.78 is 0.